The second-order valence-electron chi connectivity index (χ2n) is 4.42. The number of nitrogens with zero attached hydrogens (tertiary/aromatic N) is 2. The topological polar surface area (TPSA) is 59.5 Å². The van der Waals surface area contributed by atoms with Gasteiger partial charge in [0.05, 0.1) is 27.7 Å². The Morgan fingerprint density at radius 1 is 1.43 bits per heavy atom. The van der Waals surface area contributed by atoms with E-state index in [9.17, 15) is 8.42 Å². The second kappa shape index (κ2) is 6.43. The van der Waals surface area contributed by atoms with Crippen LogP contribution in [0.1, 0.15) is 10.6 Å². The highest BCUT2D eigenvalue weighted by atomic mass is 79.9. The van der Waals surface area contributed by atoms with Crippen LogP contribution in [-0.4, -0.2) is 31.9 Å². The van der Waals surface area contributed by atoms with Gasteiger partial charge < -0.3 is 4.74 Å². The molecule has 0 amide bonds. The first kappa shape index (κ1) is 16.4. The molecule has 0 aliphatic rings. The van der Waals surface area contributed by atoms with E-state index < -0.39 is 10.0 Å². The molecule has 0 atom stereocenters. The molecule has 2 aromatic rings. The number of aromatic nitrogens is 1. The molecule has 1 heterocycles. The zero-order chi connectivity index (χ0) is 15.6. The van der Waals surface area contributed by atoms with Crippen molar-refractivity contribution in [3.8, 4) is 5.75 Å². The summed E-state index contributed by atoms with van der Waals surface area (Å²) in [5.41, 5.74) is 2.58. The number of hydrogen-bond donors (Lipinski definition) is 0. The number of aryl methyl sites for hydroxylation is 1. The molecule has 0 aliphatic carbocycles. The van der Waals surface area contributed by atoms with E-state index in [0.717, 1.165) is 10.6 Å². The molecule has 0 saturated carbocycles. The summed E-state index contributed by atoms with van der Waals surface area (Å²) >= 11 is 4.76. The van der Waals surface area contributed by atoms with Crippen LogP contribution in [0.15, 0.2) is 33.1 Å². The summed E-state index contributed by atoms with van der Waals surface area (Å²) in [5, 5.41) is 0. The number of hydrogen-bond acceptors (Lipinski definition) is 5. The first-order valence-electron chi connectivity index (χ1n) is 6.05. The quantitative estimate of drug-likeness (QED) is 0.786. The molecule has 0 fully saturated rings. The number of sulfonamides is 1. The predicted octanol–water partition coefficient (Wildman–Crippen LogP) is 3.04. The Balaban J connectivity index is 2.29. The maximum Gasteiger partial charge on any atom is 0.243 e. The summed E-state index contributed by atoms with van der Waals surface area (Å²) < 4.78 is 32.2. The highest BCUT2D eigenvalue weighted by Gasteiger charge is 2.23. The van der Waals surface area contributed by atoms with Crippen molar-refractivity contribution in [2.45, 2.75) is 18.4 Å². The number of methoxy groups -OCH3 is 1. The number of rotatable bonds is 5. The minimum Gasteiger partial charge on any atom is -0.496 e. The summed E-state index contributed by atoms with van der Waals surface area (Å²) in [6.45, 7) is 2.18. The van der Waals surface area contributed by atoms with E-state index in [-0.39, 0.29) is 4.90 Å². The third-order valence-corrected chi connectivity index (χ3v) is 6.38. The summed E-state index contributed by atoms with van der Waals surface area (Å²) in [7, 11) is -0.456. The fraction of sp³-hybridized carbons (Fsp3) is 0.308. The monoisotopic (exact) mass is 390 g/mol. The summed E-state index contributed by atoms with van der Waals surface area (Å²) in [6.07, 6.45) is 0. The van der Waals surface area contributed by atoms with Gasteiger partial charge in [-0.3, -0.25) is 0 Å². The van der Waals surface area contributed by atoms with E-state index in [1.165, 1.54) is 28.8 Å². The van der Waals surface area contributed by atoms with Gasteiger partial charge >= 0.3 is 0 Å². The minimum absolute atomic E-state index is 0.222. The third-order valence-electron chi connectivity index (χ3n) is 3.04. The van der Waals surface area contributed by atoms with E-state index in [2.05, 4.69) is 20.9 Å². The van der Waals surface area contributed by atoms with Crippen LogP contribution in [0, 0.1) is 6.92 Å². The fourth-order valence-electron chi connectivity index (χ4n) is 1.75. The van der Waals surface area contributed by atoms with Gasteiger partial charge in [0, 0.05) is 18.5 Å². The smallest absolute Gasteiger partial charge is 0.243 e. The fourth-order valence-corrected chi connectivity index (χ4v) is 4.52. The lowest BCUT2D eigenvalue weighted by molar-refractivity contribution is 0.411. The van der Waals surface area contributed by atoms with Crippen LogP contribution in [0.4, 0.5) is 0 Å². The van der Waals surface area contributed by atoms with E-state index in [1.54, 1.807) is 24.7 Å². The van der Waals surface area contributed by atoms with Gasteiger partial charge in [-0.25, -0.2) is 13.4 Å². The first-order valence-corrected chi connectivity index (χ1v) is 9.16. The van der Waals surface area contributed by atoms with Crippen LogP contribution >= 0.6 is 27.3 Å². The Kier molecular flexibility index (Phi) is 5.03. The molecule has 1 aromatic carbocycles. The lowest BCUT2D eigenvalue weighted by Gasteiger charge is -2.17. The molecule has 1 aromatic heterocycles. The zero-order valence-electron chi connectivity index (χ0n) is 11.8. The molecule has 8 heteroatoms. The van der Waals surface area contributed by atoms with Crippen molar-refractivity contribution in [3.05, 3.63) is 38.8 Å². The molecular formula is C13H15BrN2O3S2. The van der Waals surface area contributed by atoms with Crippen LogP contribution in [0.3, 0.4) is 0 Å². The van der Waals surface area contributed by atoms with Gasteiger partial charge in [0.2, 0.25) is 10.0 Å². The van der Waals surface area contributed by atoms with E-state index in [4.69, 9.17) is 4.74 Å². The van der Waals surface area contributed by atoms with Crippen LogP contribution in [-0.2, 0) is 16.6 Å². The lowest BCUT2D eigenvalue weighted by Crippen LogP contribution is -2.26. The van der Waals surface area contributed by atoms with Gasteiger partial charge in [0.1, 0.15) is 5.75 Å². The molecule has 0 spiro atoms. The van der Waals surface area contributed by atoms with Crippen molar-refractivity contribution < 1.29 is 13.2 Å². The number of halogens is 1. The van der Waals surface area contributed by atoms with Gasteiger partial charge in [-0.1, -0.05) is 0 Å². The van der Waals surface area contributed by atoms with Gasteiger partial charge in [0.25, 0.3) is 0 Å². The van der Waals surface area contributed by atoms with Crippen molar-refractivity contribution in [2.24, 2.45) is 0 Å². The SMILES string of the molecule is COc1ccc(S(=O)(=O)N(C)Cc2scnc2C)cc1Br. The van der Waals surface area contributed by atoms with Crippen molar-refractivity contribution >= 4 is 37.3 Å². The molecule has 2 rings (SSSR count). The molecule has 0 bridgehead atoms. The Bertz CT molecular complexity index is 744. The van der Waals surface area contributed by atoms with E-state index >= 15 is 0 Å². The molecule has 0 radical (unpaired) electrons. The Hall–Kier alpha value is -0.960. The average molecular weight is 391 g/mol. The maximum absolute atomic E-state index is 12.6. The van der Waals surface area contributed by atoms with Gasteiger partial charge in [-0.15, -0.1) is 11.3 Å². The number of thiazole rings is 1. The van der Waals surface area contributed by atoms with Crippen LogP contribution in [0.2, 0.25) is 0 Å². The Morgan fingerprint density at radius 2 is 2.14 bits per heavy atom. The van der Waals surface area contributed by atoms with Crippen molar-refractivity contribution in [2.75, 3.05) is 14.2 Å². The highest BCUT2D eigenvalue weighted by Crippen LogP contribution is 2.29. The third kappa shape index (κ3) is 3.45. The van der Waals surface area contributed by atoms with Crippen LogP contribution in [0.25, 0.3) is 0 Å². The standard InChI is InChI=1S/C13H15BrN2O3S2/c1-9-13(20-8-15-9)7-16(2)21(17,18)10-4-5-12(19-3)11(14)6-10/h4-6,8H,7H2,1-3H3. The number of benzene rings is 1. The molecule has 5 nitrogen and oxygen atoms in total. The van der Waals surface area contributed by atoms with Gasteiger partial charge in [0.15, 0.2) is 0 Å². The zero-order valence-corrected chi connectivity index (χ0v) is 15.0. The van der Waals surface area contributed by atoms with Crippen LogP contribution < -0.4 is 4.74 Å². The normalized spacial score (nSPS) is 11.9. The van der Waals surface area contributed by atoms with E-state index in [0.29, 0.717) is 16.8 Å². The molecule has 0 aliphatic heterocycles. The van der Waals surface area contributed by atoms with Crippen molar-refractivity contribution in [3.63, 3.8) is 0 Å². The Morgan fingerprint density at radius 3 is 2.67 bits per heavy atom. The second-order valence-corrected chi connectivity index (χ2v) is 8.26. The minimum atomic E-state index is -3.55. The van der Waals surface area contributed by atoms with E-state index in [1.807, 2.05) is 6.92 Å². The predicted molar refractivity (Wildman–Crippen MR) is 86.2 cm³/mol. The van der Waals surface area contributed by atoms with Gasteiger partial charge in [-0.2, -0.15) is 4.31 Å². The molecule has 0 N–H and O–H groups in total. The summed E-state index contributed by atoms with van der Waals surface area (Å²) in [6, 6.07) is 4.71. The molecular weight excluding hydrogens is 376 g/mol. The highest BCUT2D eigenvalue weighted by molar-refractivity contribution is 9.10. The molecule has 0 unspecified atom stereocenters. The largest absolute Gasteiger partial charge is 0.496 e. The van der Waals surface area contributed by atoms with Crippen molar-refractivity contribution in [1.82, 2.24) is 9.29 Å². The average Bonchev–Trinajstić information content (AvgIpc) is 2.84. The van der Waals surface area contributed by atoms with Crippen LogP contribution in [0.5, 0.6) is 5.75 Å². The molecule has 21 heavy (non-hydrogen) atoms. The number of ether oxygens (including phenoxy) is 1. The van der Waals surface area contributed by atoms with Gasteiger partial charge in [-0.05, 0) is 41.1 Å². The van der Waals surface area contributed by atoms with Crippen molar-refractivity contribution in [1.29, 1.82) is 0 Å². The Labute approximate surface area is 136 Å². The first-order chi connectivity index (χ1) is 9.86. The molecule has 0 saturated heterocycles. The summed E-state index contributed by atoms with van der Waals surface area (Å²) in [4.78, 5) is 5.29. The maximum atomic E-state index is 12.6. The lowest BCUT2D eigenvalue weighted by atomic mass is 10.3. The summed E-state index contributed by atoms with van der Waals surface area (Å²) in [5.74, 6) is 0.593. The molecule has 114 valence electrons.